The number of benzene rings is 2. The van der Waals surface area contributed by atoms with Gasteiger partial charge in [0.1, 0.15) is 0 Å². The first-order valence-corrected chi connectivity index (χ1v) is 9.69. The number of rotatable bonds is 5. The Labute approximate surface area is 148 Å². The Morgan fingerprint density at radius 2 is 1.32 bits per heavy atom. The number of aryl methyl sites for hydroxylation is 2. The third-order valence-electron chi connectivity index (χ3n) is 4.11. The van der Waals surface area contributed by atoms with E-state index in [4.69, 9.17) is 0 Å². The first kappa shape index (κ1) is 17.3. The Morgan fingerprint density at radius 3 is 1.80 bits per heavy atom. The summed E-state index contributed by atoms with van der Waals surface area (Å²) in [6, 6.07) is 17.9. The highest BCUT2D eigenvalue weighted by molar-refractivity contribution is 7.91. The quantitative estimate of drug-likeness (QED) is 0.701. The van der Waals surface area contributed by atoms with Crippen LogP contribution >= 0.6 is 0 Å². The van der Waals surface area contributed by atoms with Gasteiger partial charge in [-0.2, -0.15) is 10.2 Å². The molecule has 128 valence electrons. The van der Waals surface area contributed by atoms with E-state index in [1.807, 2.05) is 50.2 Å². The molecule has 3 rings (SSSR count). The molecule has 0 unspecified atom stereocenters. The molecule has 25 heavy (non-hydrogen) atoms. The summed E-state index contributed by atoms with van der Waals surface area (Å²) in [6.07, 6.45) is 1.51. The highest BCUT2D eigenvalue weighted by Gasteiger charge is 2.17. The first-order valence-electron chi connectivity index (χ1n) is 8.21. The molecular formula is C20H20N2O2S. The Bertz CT molecular complexity index is 946. The minimum atomic E-state index is -3.49. The number of hydrogen-bond donors (Lipinski definition) is 0. The van der Waals surface area contributed by atoms with Crippen molar-refractivity contribution in [2.75, 3.05) is 0 Å². The third kappa shape index (κ3) is 3.94. The van der Waals surface area contributed by atoms with Crippen LogP contribution < -0.4 is 0 Å². The average Bonchev–Trinajstić information content (AvgIpc) is 2.64. The van der Waals surface area contributed by atoms with E-state index in [1.54, 1.807) is 24.3 Å². The third-order valence-corrected chi connectivity index (χ3v) is 5.90. The van der Waals surface area contributed by atoms with E-state index in [0.717, 1.165) is 28.9 Å². The minimum Gasteiger partial charge on any atom is -0.219 e. The topological polar surface area (TPSA) is 59.9 Å². The predicted octanol–water partition coefficient (Wildman–Crippen LogP) is 3.77. The maximum atomic E-state index is 12.7. The van der Waals surface area contributed by atoms with Gasteiger partial charge in [0.2, 0.25) is 9.84 Å². The monoisotopic (exact) mass is 352 g/mol. The summed E-state index contributed by atoms with van der Waals surface area (Å²) >= 11 is 0. The standard InChI is InChI=1S/C20H20N2O2S/c1-3-16-5-10-19(11-6-16)25(23,24)20-12-7-17(8-13-20)14-18-9-4-15(2)21-22-18/h4-13H,3,14H2,1-2H3. The van der Waals surface area contributed by atoms with Crippen molar-refractivity contribution in [3.63, 3.8) is 0 Å². The van der Waals surface area contributed by atoms with Crippen LogP contribution in [0.15, 0.2) is 70.5 Å². The summed E-state index contributed by atoms with van der Waals surface area (Å²) in [5.41, 5.74) is 3.85. The van der Waals surface area contributed by atoms with Crippen LogP contribution in [0.1, 0.15) is 29.4 Å². The lowest BCUT2D eigenvalue weighted by Gasteiger charge is -2.07. The molecule has 0 amide bonds. The maximum absolute atomic E-state index is 12.7. The fraction of sp³-hybridized carbons (Fsp3) is 0.200. The minimum absolute atomic E-state index is 0.301. The van der Waals surface area contributed by atoms with Crippen LogP contribution in [-0.2, 0) is 22.7 Å². The van der Waals surface area contributed by atoms with Crippen molar-refractivity contribution in [2.24, 2.45) is 0 Å². The van der Waals surface area contributed by atoms with E-state index in [0.29, 0.717) is 16.2 Å². The van der Waals surface area contributed by atoms with E-state index >= 15 is 0 Å². The lowest BCUT2D eigenvalue weighted by Crippen LogP contribution is -2.02. The summed E-state index contributed by atoms with van der Waals surface area (Å²) in [7, 11) is -3.49. The average molecular weight is 352 g/mol. The molecule has 1 heterocycles. The van der Waals surface area contributed by atoms with Crippen LogP contribution in [0.4, 0.5) is 0 Å². The van der Waals surface area contributed by atoms with Crippen molar-refractivity contribution in [1.29, 1.82) is 0 Å². The van der Waals surface area contributed by atoms with Gasteiger partial charge in [0, 0.05) is 6.42 Å². The molecule has 0 atom stereocenters. The molecule has 0 aliphatic rings. The van der Waals surface area contributed by atoms with E-state index < -0.39 is 9.84 Å². The van der Waals surface area contributed by atoms with Crippen molar-refractivity contribution in [2.45, 2.75) is 36.5 Å². The molecule has 0 aliphatic heterocycles. The fourth-order valence-corrected chi connectivity index (χ4v) is 3.82. The summed E-state index contributed by atoms with van der Waals surface area (Å²) in [5, 5.41) is 8.18. The highest BCUT2D eigenvalue weighted by Crippen LogP contribution is 2.22. The summed E-state index contributed by atoms with van der Waals surface area (Å²) in [5.74, 6) is 0. The van der Waals surface area contributed by atoms with Crippen molar-refractivity contribution in [3.8, 4) is 0 Å². The zero-order chi connectivity index (χ0) is 17.9. The largest absolute Gasteiger partial charge is 0.219 e. The van der Waals surface area contributed by atoms with Gasteiger partial charge < -0.3 is 0 Å². The van der Waals surface area contributed by atoms with Gasteiger partial charge in [0.15, 0.2) is 0 Å². The predicted molar refractivity (Wildman–Crippen MR) is 97.3 cm³/mol. The van der Waals surface area contributed by atoms with E-state index in [2.05, 4.69) is 10.2 Å². The molecule has 0 fully saturated rings. The van der Waals surface area contributed by atoms with Crippen LogP contribution in [0.2, 0.25) is 0 Å². The SMILES string of the molecule is CCc1ccc(S(=O)(=O)c2ccc(Cc3ccc(C)nn3)cc2)cc1. The Balaban J connectivity index is 1.81. The molecule has 0 bridgehead atoms. The highest BCUT2D eigenvalue weighted by atomic mass is 32.2. The van der Waals surface area contributed by atoms with Crippen LogP contribution in [0.25, 0.3) is 0 Å². The van der Waals surface area contributed by atoms with Crippen LogP contribution in [0, 0.1) is 6.92 Å². The molecule has 0 saturated heterocycles. The molecule has 4 nitrogen and oxygen atoms in total. The molecule has 5 heteroatoms. The number of nitrogens with zero attached hydrogens (tertiary/aromatic N) is 2. The molecule has 0 aliphatic carbocycles. The second-order valence-corrected chi connectivity index (χ2v) is 7.94. The van der Waals surface area contributed by atoms with E-state index in [1.165, 1.54) is 0 Å². The smallest absolute Gasteiger partial charge is 0.206 e. The second kappa shape index (κ2) is 7.15. The van der Waals surface area contributed by atoms with Gasteiger partial charge in [-0.1, -0.05) is 31.2 Å². The van der Waals surface area contributed by atoms with Gasteiger partial charge in [-0.05, 0) is 60.9 Å². The maximum Gasteiger partial charge on any atom is 0.206 e. The van der Waals surface area contributed by atoms with Crippen molar-refractivity contribution in [1.82, 2.24) is 10.2 Å². The lowest BCUT2D eigenvalue weighted by atomic mass is 10.1. The van der Waals surface area contributed by atoms with Gasteiger partial charge in [-0.3, -0.25) is 0 Å². The second-order valence-electron chi connectivity index (χ2n) is 5.99. The van der Waals surface area contributed by atoms with Crippen LogP contribution in [-0.4, -0.2) is 18.6 Å². The molecule has 0 radical (unpaired) electrons. The molecule has 3 aromatic rings. The molecule has 0 saturated carbocycles. The Hall–Kier alpha value is -2.53. The zero-order valence-corrected chi connectivity index (χ0v) is 15.1. The van der Waals surface area contributed by atoms with Gasteiger partial charge in [-0.25, -0.2) is 8.42 Å². The van der Waals surface area contributed by atoms with E-state index in [9.17, 15) is 8.42 Å². The zero-order valence-electron chi connectivity index (χ0n) is 14.3. The first-order chi connectivity index (χ1) is 12.0. The Kier molecular flexibility index (Phi) is 4.95. The van der Waals surface area contributed by atoms with Crippen LogP contribution in [0.5, 0.6) is 0 Å². The van der Waals surface area contributed by atoms with Gasteiger partial charge >= 0.3 is 0 Å². The van der Waals surface area contributed by atoms with E-state index in [-0.39, 0.29) is 0 Å². The van der Waals surface area contributed by atoms with Crippen molar-refractivity contribution >= 4 is 9.84 Å². The molecule has 0 N–H and O–H groups in total. The lowest BCUT2D eigenvalue weighted by molar-refractivity contribution is 0.596. The van der Waals surface area contributed by atoms with Crippen molar-refractivity contribution in [3.05, 3.63) is 83.2 Å². The van der Waals surface area contributed by atoms with Gasteiger partial charge in [-0.15, -0.1) is 0 Å². The summed E-state index contributed by atoms with van der Waals surface area (Å²) < 4.78 is 25.4. The number of sulfone groups is 1. The summed E-state index contributed by atoms with van der Waals surface area (Å²) in [6.45, 7) is 3.93. The normalized spacial score (nSPS) is 11.4. The molecule has 1 aromatic heterocycles. The van der Waals surface area contributed by atoms with Crippen molar-refractivity contribution < 1.29 is 8.42 Å². The fourth-order valence-electron chi connectivity index (χ4n) is 2.56. The van der Waals surface area contributed by atoms with Gasteiger partial charge in [0.05, 0.1) is 21.2 Å². The summed E-state index contributed by atoms with van der Waals surface area (Å²) in [4.78, 5) is 0.623. The molecule has 0 spiro atoms. The van der Waals surface area contributed by atoms with Gasteiger partial charge in [0.25, 0.3) is 0 Å². The Morgan fingerprint density at radius 1 is 0.760 bits per heavy atom. The molecule has 2 aromatic carbocycles. The van der Waals surface area contributed by atoms with Crippen LogP contribution in [0.3, 0.4) is 0 Å². The number of aromatic nitrogens is 2. The molecular weight excluding hydrogens is 332 g/mol. The number of hydrogen-bond acceptors (Lipinski definition) is 4.